The Morgan fingerprint density at radius 3 is 2.71 bits per heavy atom. The van der Waals surface area contributed by atoms with Crippen molar-refractivity contribution < 1.29 is 9.59 Å². The summed E-state index contributed by atoms with van der Waals surface area (Å²) in [7, 11) is 0. The molecular weight excluding hydrogens is 240 g/mol. The van der Waals surface area contributed by atoms with Gasteiger partial charge in [-0.25, -0.2) is 4.79 Å². The van der Waals surface area contributed by atoms with E-state index in [1.54, 1.807) is 6.08 Å². The van der Waals surface area contributed by atoms with Crippen molar-refractivity contribution in [2.24, 2.45) is 0 Å². The van der Waals surface area contributed by atoms with E-state index in [4.69, 9.17) is 11.6 Å². The summed E-state index contributed by atoms with van der Waals surface area (Å²) >= 11 is 5.26. The molecular formula is C12H13ClN2O2. The third-order valence-electron chi connectivity index (χ3n) is 2.09. The minimum absolute atomic E-state index is 0.239. The minimum Gasteiger partial charge on any atom is -0.334 e. The fraction of sp³-hybridized carbons (Fsp3) is 0.167. The first-order valence-corrected chi connectivity index (χ1v) is 5.54. The van der Waals surface area contributed by atoms with E-state index >= 15 is 0 Å². The molecule has 0 aliphatic carbocycles. The van der Waals surface area contributed by atoms with Crippen LogP contribution in [0, 0.1) is 0 Å². The predicted octanol–water partition coefficient (Wildman–Crippen LogP) is 1.89. The number of nitrogens with one attached hydrogen (secondary N) is 2. The van der Waals surface area contributed by atoms with Gasteiger partial charge >= 0.3 is 6.03 Å². The van der Waals surface area contributed by atoms with Gasteiger partial charge < -0.3 is 5.32 Å². The van der Waals surface area contributed by atoms with Crippen molar-refractivity contribution in [3.05, 3.63) is 42.0 Å². The molecule has 0 fully saturated rings. The van der Waals surface area contributed by atoms with E-state index in [1.165, 1.54) is 0 Å². The Morgan fingerprint density at radius 2 is 2.06 bits per heavy atom. The van der Waals surface area contributed by atoms with E-state index in [-0.39, 0.29) is 5.88 Å². The van der Waals surface area contributed by atoms with Crippen LogP contribution in [-0.2, 0) is 11.3 Å². The molecule has 0 saturated heterocycles. The quantitative estimate of drug-likeness (QED) is 0.804. The highest BCUT2D eigenvalue weighted by atomic mass is 35.5. The summed E-state index contributed by atoms with van der Waals surface area (Å²) in [6, 6.07) is 6.96. The lowest BCUT2D eigenvalue weighted by molar-refractivity contribution is -0.117. The molecule has 5 heteroatoms. The van der Waals surface area contributed by atoms with Gasteiger partial charge in [-0.3, -0.25) is 10.1 Å². The van der Waals surface area contributed by atoms with Crippen LogP contribution < -0.4 is 10.6 Å². The third kappa shape index (κ3) is 4.28. The molecule has 0 heterocycles. The Hall–Kier alpha value is -1.81. The van der Waals surface area contributed by atoms with Gasteiger partial charge in [-0.1, -0.05) is 36.9 Å². The molecule has 0 saturated carbocycles. The molecule has 1 rings (SSSR count). The molecule has 0 bridgehead atoms. The van der Waals surface area contributed by atoms with Crippen molar-refractivity contribution in [2.75, 3.05) is 5.88 Å². The van der Waals surface area contributed by atoms with Gasteiger partial charge in [0.1, 0.15) is 5.88 Å². The standard InChI is InChI=1S/C12H13ClN2O2/c1-2-9-5-3-4-6-10(9)8-14-12(17)15-11(16)7-13/h2-6H,1,7-8H2,(H2,14,15,16,17). The molecule has 0 aliphatic rings. The molecule has 1 aromatic rings. The van der Waals surface area contributed by atoms with Crippen molar-refractivity contribution in [2.45, 2.75) is 6.54 Å². The van der Waals surface area contributed by atoms with Gasteiger partial charge in [-0.15, -0.1) is 11.6 Å². The maximum absolute atomic E-state index is 11.3. The van der Waals surface area contributed by atoms with Crippen LogP contribution in [0.4, 0.5) is 4.79 Å². The monoisotopic (exact) mass is 252 g/mol. The highest BCUT2D eigenvalue weighted by Crippen LogP contribution is 2.09. The zero-order valence-corrected chi connectivity index (χ0v) is 9.96. The normalized spacial score (nSPS) is 9.47. The Kier molecular flexibility index (Phi) is 5.23. The van der Waals surface area contributed by atoms with E-state index in [0.717, 1.165) is 11.1 Å². The molecule has 0 unspecified atom stereocenters. The highest BCUT2D eigenvalue weighted by Gasteiger charge is 2.06. The SMILES string of the molecule is C=Cc1ccccc1CNC(=O)NC(=O)CCl. The molecule has 1 aromatic carbocycles. The number of rotatable bonds is 4. The van der Waals surface area contributed by atoms with E-state index in [2.05, 4.69) is 17.2 Å². The molecule has 4 nitrogen and oxygen atoms in total. The maximum atomic E-state index is 11.3. The molecule has 2 N–H and O–H groups in total. The zero-order chi connectivity index (χ0) is 12.7. The van der Waals surface area contributed by atoms with Crippen molar-refractivity contribution in [1.29, 1.82) is 0 Å². The lowest BCUT2D eigenvalue weighted by atomic mass is 10.1. The Morgan fingerprint density at radius 1 is 1.35 bits per heavy atom. The van der Waals surface area contributed by atoms with Crippen LogP contribution in [0.25, 0.3) is 6.08 Å². The lowest BCUT2D eigenvalue weighted by Gasteiger charge is -2.08. The fourth-order valence-corrected chi connectivity index (χ4v) is 1.34. The van der Waals surface area contributed by atoms with Gasteiger partial charge in [0.15, 0.2) is 0 Å². The van der Waals surface area contributed by atoms with Gasteiger partial charge in [0, 0.05) is 6.54 Å². The van der Waals surface area contributed by atoms with E-state index in [0.29, 0.717) is 6.54 Å². The second kappa shape index (κ2) is 6.70. The van der Waals surface area contributed by atoms with Crippen molar-refractivity contribution >= 4 is 29.6 Å². The average Bonchev–Trinajstić information content (AvgIpc) is 2.36. The Bertz CT molecular complexity index is 432. The van der Waals surface area contributed by atoms with Crippen LogP contribution in [0.5, 0.6) is 0 Å². The molecule has 0 spiro atoms. The summed E-state index contributed by atoms with van der Waals surface area (Å²) < 4.78 is 0. The topological polar surface area (TPSA) is 58.2 Å². The maximum Gasteiger partial charge on any atom is 0.321 e. The van der Waals surface area contributed by atoms with Gasteiger partial charge in [-0.05, 0) is 11.1 Å². The number of alkyl halides is 1. The molecule has 3 amide bonds. The summed E-state index contributed by atoms with van der Waals surface area (Å²) in [6.45, 7) is 4.00. The molecule has 0 aromatic heterocycles. The number of hydrogen-bond acceptors (Lipinski definition) is 2. The number of carbonyl (C=O) groups is 2. The Balaban J connectivity index is 2.52. The highest BCUT2D eigenvalue weighted by molar-refractivity contribution is 6.28. The third-order valence-corrected chi connectivity index (χ3v) is 2.33. The first-order valence-electron chi connectivity index (χ1n) is 5.01. The zero-order valence-electron chi connectivity index (χ0n) is 9.20. The fourth-order valence-electron chi connectivity index (χ4n) is 1.27. The van der Waals surface area contributed by atoms with Crippen LogP contribution in [0.15, 0.2) is 30.8 Å². The van der Waals surface area contributed by atoms with Gasteiger partial charge in [0.25, 0.3) is 0 Å². The second-order valence-corrected chi connectivity index (χ2v) is 3.53. The number of benzene rings is 1. The van der Waals surface area contributed by atoms with E-state index in [9.17, 15) is 9.59 Å². The lowest BCUT2D eigenvalue weighted by Crippen LogP contribution is -2.39. The summed E-state index contributed by atoms with van der Waals surface area (Å²) in [5.74, 6) is -0.766. The van der Waals surface area contributed by atoms with E-state index < -0.39 is 11.9 Å². The second-order valence-electron chi connectivity index (χ2n) is 3.27. The van der Waals surface area contributed by atoms with Gasteiger partial charge in [0.05, 0.1) is 0 Å². The molecule has 0 aliphatic heterocycles. The number of carbonyl (C=O) groups excluding carboxylic acids is 2. The van der Waals surface area contributed by atoms with Gasteiger partial charge in [0.2, 0.25) is 5.91 Å². The number of imide groups is 1. The number of amides is 3. The first-order chi connectivity index (χ1) is 8.17. The molecule has 0 radical (unpaired) electrons. The van der Waals surface area contributed by atoms with Crippen LogP contribution in [-0.4, -0.2) is 17.8 Å². The van der Waals surface area contributed by atoms with Crippen LogP contribution >= 0.6 is 11.6 Å². The molecule has 0 atom stereocenters. The number of halogens is 1. The molecule has 17 heavy (non-hydrogen) atoms. The largest absolute Gasteiger partial charge is 0.334 e. The minimum atomic E-state index is -0.561. The summed E-state index contributed by atoms with van der Waals surface area (Å²) in [6.07, 6.45) is 1.71. The van der Waals surface area contributed by atoms with E-state index in [1.807, 2.05) is 24.3 Å². The van der Waals surface area contributed by atoms with Crippen LogP contribution in [0.3, 0.4) is 0 Å². The molecule has 90 valence electrons. The average molecular weight is 253 g/mol. The van der Waals surface area contributed by atoms with Crippen molar-refractivity contribution in [1.82, 2.24) is 10.6 Å². The summed E-state index contributed by atoms with van der Waals surface area (Å²) in [5.41, 5.74) is 1.87. The summed E-state index contributed by atoms with van der Waals surface area (Å²) in [5, 5.41) is 4.65. The number of urea groups is 1. The summed E-state index contributed by atoms with van der Waals surface area (Å²) in [4.78, 5) is 22.1. The Labute approximate surface area is 105 Å². The van der Waals surface area contributed by atoms with Crippen LogP contribution in [0.2, 0.25) is 0 Å². The van der Waals surface area contributed by atoms with Crippen molar-refractivity contribution in [3.8, 4) is 0 Å². The predicted molar refractivity (Wildman–Crippen MR) is 67.6 cm³/mol. The number of hydrogen-bond donors (Lipinski definition) is 2. The van der Waals surface area contributed by atoms with Gasteiger partial charge in [-0.2, -0.15) is 0 Å². The smallest absolute Gasteiger partial charge is 0.321 e. The van der Waals surface area contributed by atoms with Crippen LogP contribution in [0.1, 0.15) is 11.1 Å². The first kappa shape index (κ1) is 13.3. The van der Waals surface area contributed by atoms with Crippen molar-refractivity contribution in [3.63, 3.8) is 0 Å².